The molecule has 0 aliphatic heterocycles. The summed E-state index contributed by atoms with van der Waals surface area (Å²) in [5.74, 6) is -1.52. The summed E-state index contributed by atoms with van der Waals surface area (Å²) in [5.41, 5.74) is 2.56. The molecule has 0 bridgehead atoms. The lowest BCUT2D eigenvalue weighted by molar-refractivity contribution is 0.0687. The van der Waals surface area contributed by atoms with Crippen LogP contribution in [0.4, 0.5) is 4.39 Å². The highest BCUT2D eigenvalue weighted by Crippen LogP contribution is 2.40. The molecule has 1 aromatic heterocycles. The second kappa shape index (κ2) is 8.07. The Kier molecular flexibility index (Phi) is 5.30. The minimum Gasteiger partial charge on any atom is -0.477 e. The van der Waals surface area contributed by atoms with E-state index < -0.39 is 11.8 Å². The number of carbonyl (C=O) groups is 1. The first-order valence-electron chi connectivity index (χ1n) is 9.71. The maximum atomic E-state index is 14.9. The van der Waals surface area contributed by atoms with Crippen LogP contribution in [0.3, 0.4) is 0 Å². The Bertz CT molecular complexity index is 1400. The minimum absolute atomic E-state index is 0. The average Bonchev–Trinajstić information content (AvgIpc) is 3.09. The lowest BCUT2D eigenvalue weighted by Gasteiger charge is -2.10. The maximum absolute atomic E-state index is 14.9. The molecule has 0 atom stereocenters. The highest BCUT2D eigenvalue weighted by Gasteiger charge is 2.26. The molecule has 0 aliphatic carbocycles. The van der Waals surface area contributed by atoms with Gasteiger partial charge in [0.15, 0.2) is 0 Å². The SMILES string of the molecule is C.O=C(O)c1c(-c2ccccc2F)c2c3ccccc3ccc2n1Cc1ccccc1. The summed E-state index contributed by atoms with van der Waals surface area (Å²) in [6, 6.07) is 27.8. The van der Waals surface area contributed by atoms with Crippen molar-refractivity contribution in [3.63, 3.8) is 0 Å². The standard InChI is InChI=1S/C26H18FNO2.CH4/c27-21-13-7-6-12-20(21)24-23-19-11-5-4-10-18(19)14-15-22(23)28(25(24)26(29)30)16-17-8-2-1-3-9-17;/h1-15H,16H2,(H,29,30);1H4. The van der Waals surface area contributed by atoms with Gasteiger partial charge in [-0.05, 0) is 28.5 Å². The number of aromatic carboxylic acids is 1. The van der Waals surface area contributed by atoms with Crippen LogP contribution in [0.2, 0.25) is 0 Å². The average molecular weight is 411 g/mol. The third-order valence-corrected chi connectivity index (χ3v) is 5.48. The van der Waals surface area contributed by atoms with Crippen molar-refractivity contribution < 1.29 is 14.3 Å². The van der Waals surface area contributed by atoms with Gasteiger partial charge in [-0.3, -0.25) is 0 Å². The Hall–Kier alpha value is -3.92. The molecule has 1 N–H and O–H groups in total. The van der Waals surface area contributed by atoms with Gasteiger partial charge in [0.25, 0.3) is 0 Å². The third-order valence-electron chi connectivity index (χ3n) is 5.48. The molecule has 3 nitrogen and oxygen atoms in total. The summed E-state index contributed by atoms with van der Waals surface area (Å²) < 4.78 is 16.7. The molecule has 0 radical (unpaired) electrons. The van der Waals surface area contributed by atoms with Crippen LogP contribution in [0, 0.1) is 5.82 Å². The second-order valence-corrected chi connectivity index (χ2v) is 7.26. The van der Waals surface area contributed by atoms with Crippen LogP contribution in [0.25, 0.3) is 32.8 Å². The maximum Gasteiger partial charge on any atom is 0.353 e. The molecule has 0 aliphatic rings. The Morgan fingerprint density at radius 3 is 2.26 bits per heavy atom. The van der Waals surface area contributed by atoms with E-state index in [-0.39, 0.29) is 13.1 Å². The van der Waals surface area contributed by atoms with Crippen molar-refractivity contribution in [1.29, 1.82) is 0 Å². The van der Waals surface area contributed by atoms with E-state index in [1.165, 1.54) is 6.07 Å². The molecule has 31 heavy (non-hydrogen) atoms. The highest BCUT2D eigenvalue weighted by atomic mass is 19.1. The molecule has 0 saturated carbocycles. The molecule has 5 aromatic rings. The fourth-order valence-electron chi connectivity index (χ4n) is 4.20. The third kappa shape index (κ3) is 3.36. The zero-order valence-corrected chi connectivity index (χ0v) is 16.0. The van der Waals surface area contributed by atoms with Crippen molar-refractivity contribution in [1.82, 2.24) is 4.57 Å². The van der Waals surface area contributed by atoms with Gasteiger partial charge in [0.05, 0.1) is 5.52 Å². The summed E-state index contributed by atoms with van der Waals surface area (Å²) in [5, 5.41) is 12.9. The lowest BCUT2D eigenvalue weighted by Crippen LogP contribution is -2.10. The van der Waals surface area contributed by atoms with E-state index in [9.17, 15) is 14.3 Å². The fourth-order valence-corrected chi connectivity index (χ4v) is 4.20. The van der Waals surface area contributed by atoms with Gasteiger partial charge in [-0.15, -0.1) is 0 Å². The van der Waals surface area contributed by atoms with E-state index >= 15 is 0 Å². The van der Waals surface area contributed by atoms with Gasteiger partial charge in [-0.25, -0.2) is 9.18 Å². The Balaban J connectivity index is 0.00000231. The number of aromatic nitrogens is 1. The molecular weight excluding hydrogens is 389 g/mol. The first-order chi connectivity index (χ1) is 14.6. The number of hydrogen-bond acceptors (Lipinski definition) is 1. The van der Waals surface area contributed by atoms with Gasteiger partial charge in [0.1, 0.15) is 11.5 Å². The molecule has 5 rings (SSSR count). The number of carboxylic acids is 1. The normalized spacial score (nSPS) is 10.9. The van der Waals surface area contributed by atoms with Gasteiger partial charge >= 0.3 is 5.97 Å². The number of benzene rings is 4. The smallest absolute Gasteiger partial charge is 0.353 e. The number of hydrogen-bond donors (Lipinski definition) is 1. The van der Waals surface area contributed by atoms with Crippen LogP contribution in [0.15, 0.2) is 91.0 Å². The van der Waals surface area contributed by atoms with Crippen LogP contribution < -0.4 is 0 Å². The predicted octanol–water partition coefficient (Wildman–Crippen LogP) is 6.98. The van der Waals surface area contributed by atoms with E-state index in [2.05, 4.69) is 0 Å². The Morgan fingerprint density at radius 2 is 1.52 bits per heavy atom. The van der Waals surface area contributed by atoms with E-state index in [4.69, 9.17) is 0 Å². The van der Waals surface area contributed by atoms with Crippen molar-refractivity contribution in [2.75, 3.05) is 0 Å². The molecule has 0 spiro atoms. The summed E-state index contributed by atoms with van der Waals surface area (Å²) in [6.07, 6.45) is 0. The van der Waals surface area contributed by atoms with Gasteiger partial charge in [-0.2, -0.15) is 0 Å². The van der Waals surface area contributed by atoms with Crippen molar-refractivity contribution in [3.8, 4) is 11.1 Å². The zero-order chi connectivity index (χ0) is 20.7. The van der Waals surface area contributed by atoms with Crippen LogP contribution in [-0.2, 0) is 6.54 Å². The highest BCUT2D eigenvalue weighted by molar-refractivity contribution is 6.18. The second-order valence-electron chi connectivity index (χ2n) is 7.26. The lowest BCUT2D eigenvalue weighted by atomic mass is 9.97. The summed E-state index contributed by atoms with van der Waals surface area (Å²) in [7, 11) is 0. The van der Waals surface area contributed by atoms with Gasteiger partial charge < -0.3 is 9.67 Å². The summed E-state index contributed by atoms with van der Waals surface area (Å²) in [6.45, 7) is 0.381. The molecular formula is C27H22FNO2. The predicted molar refractivity (Wildman–Crippen MR) is 124 cm³/mol. The number of carboxylic acid groups (broad SMARTS) is 1. The number of nitrogens with zero attached hydrogens (tertiary/aromatic N) is 1. The largest absolute Gasteiger partial charge is 0.477 e. The Labute approximate surface area is 180 Å². The quantitative estimate of drug-likeness (QED) is 0.346. The molecule has 0 fully saturated rings. The van der Waals surface area contributed by atoms with Crippen molar-refractivity contribution in [3.05, 3.63) is 108 Å². The molecule has 0 amide bonds. The summed E-state index contributed by atoms with van der Waals surface area (Å²) >= 11 is 0. The van der Waals surface area contributed by atoms with Gasteiger partial charge in [0.2, 0.25) is 0 Å². The van der Waals surface area contributed by atoms with Crippen LogP contribution in [-0.4, -0.2) is 15.6 Å². The fraction of sp³-hybridized carbons (Fsp3) is 0.0741. The molecule has 4 aromatic carbocycles. The number of rotatable bonds is 4. The first kappa shape index (κ1) is 20.4. The topological polar surface area (TPSA) is 42.2 Å². The monoisotopic (exact) mass is 411 g/mol. The van der Waals surface area contributed by atoms with Crippen molar-refractivity contribution in [2.45, 2.75) is 14.0 Å². The molecule has 1 heterocycles. The van der Waals surface area contributed by atoms with E-state index in [0.717, 1.165) is 27.2 Å². The van der Waals surface area contributed by atoms with Crippen molar-refractivity contribution in [2.24, 2.45) is 0 Å². The molecule has 4 heteroatoms. The molecule has 154 valence electrons. The number of fused-ring (bicyclic) bond motifs is 3. The minimum atomic E-state index is -1.08. The van der Waals surface area contributed by atoms with Crippen LogP contribution >= 0.6 is 0 Å². The first-order valence-corrected chi connectivity index (χ1v) is 9.71. The van der Waals surface area contributed by atoms with Crippen LogP contribution in [0.5, 0.6) is 0 Å². The van der Waals surface area contributed by atoms with E-state index in [0.29, 0.717) is 17.7 Å². The van der Waals surface area contributed by atoms with Gasteiger partial charge in [0, 0.05) is 23.1 Å². The van der Waals surface area contributed by atoms with Gasteiger partial charge in [-0.1, -0.05) is 86.3 Å². The summed E-state index contributed by atoms with van der Waals surface area (Å²) in [4.78, 5) is 12.5. The molecule has 0 unspecified atom stereocenters. The Morgan fingerprint density at radius 1 is 0.839 bits per heavy atom. The van der Waals surface area contributed by atoms with E-state index in [1.807, 2.05) is 66.7 Å². The number of halogens is 1. The zero-order valence-electron chi connectivity index (χ0n) is 16.0. The molecule has 0 saturated heterocycles. The van der Waals surface area contributed by atoms with Crippen LogP contribution in [0.1, 0.15) is 23.5 Å². The van der Waals surface area contributed by atoms with Crippen molar-refractivity contribution >= 4 is 27.6 Å². The van der Waals surface area contributed by atoms with E-state index in [1.54, 1.807) is 22.8 Å².